The molecule has 2 heterocycles. The highest BCUT2D eigenvalue weighted by Crippen LogP contribution is 2.60. The smallest absolute Gasteiger partial charge is 0.0930 e. The first-order chi connectivity index (χ1) is 8.36. The van der Waals surface area contributed by atoms with Crippen molar-refractivity contribution in [3.63, 3.8) is 0 Å². The molecular weight excluding hydrogens is 226 g/mol. The van der Waals surface area contributed by atoms with E-state index in [9.17, 15) is 10.2 Å². The molecule has 0 aromatic carbocycles. The van der Waals surface area contributed by atoms with Crippen LogP contribution in [0.5, 0.6) is 0 Å². The van der Waals surface area contributed by atoms with E-state index in [1.807, 2.05) is 6.92 Å². The summed E-state index contributed by atoms with van der Waals surface area (Å²) in [4.78, 5) is 2.50. The normalized spacial score (nSPS) is 55.6. The zero-order valence-corrected chi connectivity index (χ0v) is 11.7. The molecule has 5 unspecified atom stereocenters. The maximum Gasteiger partial charge on any atom is 0.0930 e. The van der Waals surface area contributed by atoms with Gasteiger partial charge < -0.3 is 10.2 Å². The lowest BCUT2D eigenvalue weighted by atomic mass is 9.52. The van der Waals surface area contributed by atoms with E-state index >= 15 is 0 Å². The highest BCUT2D eigenvalue weighted by Gasteiger charge is 2.65. The van der Waals surface area contributed by atoms with Gasteiger partial charge in [-0.25, -0.2) is 0 Å². The van der Waals surface area contributed by atoms with Gasteiger partial charge in [0.25, 0.3) is 0 Å². The van der Waals surface area contributed by atoms with E-state index in [4.69, 9.17) is 0 Å². The molecule has 0 radical (unpaired) electrons. The molecule has 3 nitrogen and oxygen atoms in total. The Morgan fingerprint density at radius 3 is 2.78 bits per heavy atom. The Kier molecular flexibility index (Phi) is 2.52. The number of rotatable bonds is 1. The maximum atomic E-state index is 10.7. The zero-order chi connectivity index (χ0) is 13.2. The topological polar surface area (TPSA) is 43.7 Å². The molecule has 2 N–H and O–H groups in total. The van der Waals surface area contributed by atoms with Gasteiger partial charge in [-0.3, -0.25) is 4.90 Å². The van der Waals surface area contributed by atoms with E-state index in [-0.39, 0.29) is 10.8 Å². The number of aliphatic hydroxyl groups excluding tert-OH is 1. The molecule has 0 amide bonds. The molecule has 3 aliphatic rings. The summed E-state index contributed by atoms with van der Waals surface area (Å²) in [6, 6.07) is 0.384. The lowest BCUT2D eigenvalue weighted by Gasteiger charge is -2.60. The largest absolute Gasteiger partial charge is 0.389 e. The monoisotopic (exact) mass is 251 g/mol. The summed E-state index contributed by atoms with van der Waals surface area (Å²) >= 11 is 0. The molecule has 0 aromatic heterocycles. The van der Waals surface area contributed by atoms with Gasteiger partial charge in [0.05, 0.1) is 11.7 Å². The van der Waals surface area contributed by atoms with Crippen molar-refractivity contribution in [2.75, 3.05) is 13.1 Å². The van der Waals surface area contributed by atoms with Crippen LogP contribution < -0.4 is 0 Å². The second-order valence-corrected chi connectivity index (χ2v) is 7.11. The molecule has 5 atom stereocenters. The molecule has 0 spiro atoms. The summed E-state index contributed by atoms with van der Waals surface area (Å²) in [5, 5.41) is 21.4. The third kappa shape index (κ3) is 1.36. The Morgan fingerprint density at radius 2 is 2.11 bits per heavy atom. The Labute approximate surface area is 109 Å². The predicted octanol–water partition coefficient (Wildman–Crippen LogP) is 1.55. The first-order valence-corrected chi connectivity index (χ1v) is 7.18. The van der Waals surface area contributed by atoms with Gasteiger partial charge in [0.2, 0.25) is 0 Å². The molecule has 102 valence electrons. The summed E-state index contributed by atoms with van der Waals surface area (Å²) in [6.07, 6.45) is 6.43. The van der Waals surface area contributed by atoms with Gasteiger partial charge in [0, 0.05) is 18.0 Å². The number of hydrogen-bond donors (Lipinski definition) is 2. The Bertz CT molecular complexity index is 392. The number of aliphatic hydroxyl groups is 2. The fraction of sp³-hybridized carbons (Fsp3) is 0.867. The second kappa shape index (κ2) is 3.59. The van der Waals surface area contributed by atoms with Crippen molar-refractivity contribution in [3.05, 3.63) is 12.2 Å². The Morgan fingerprint density at radius 1 is 1.39 bits per heavy atom. The molecule has 3 heteroatoms. The Hall–Kier alpha value is -0.380. The molecule has 2 fully saturated rings. The van der Waals surface area contributed by atoms with Gasteiger partial charge in [-0.1, -0.05) is 26.0 Å². The van der Waals surface area contributed by atoms with Gasteiger partial charge in [-0.2, -0.15) is 0 Å². The quantitative estimate of drug-likeness (QED) is 0.695. The molecule has 1 saturated heterocycles. The van der Waals surface area contributed by atoms with Crippen LogP contribution in [-0.4, -0.2) is 45.9 Å². The predicted molar refractivity (Wildman–Crippen MR) is 71.2 cm³/mol. The molecule has 0 bridgehead atoms. The van der Waals surface area contributed by atoms with Gasteiger partial charge in [0.15, 0.2) is 0 Å². The van der Waals surface area contributed by atoms with Gasteiger partial charge >= 0.3 is 0 Å². The summed E-state index contributed by atoms with van der Waals surface area (Å²) < 4.78 is 0. The van der Waals surface area contributed by atoms with Crippen LogP contribution in [0.15, 0.2) is 12.2 Å². The first kappa shape index (κ1) is 12.6. The molecular formula is C15H25NO2. The maximum absolute atomic E-state index is 10.7. The summed E-state index contributed by atoms with van der Waals surface area (Å²) in [7, 11) is 0. The van der Waals surface area contributed by atoms with Crippen molar-refractivity contribution in [1.29, 1.82) is 0 Å². The molecule has 18 heavy (non-hydrogen) atoms. The summed E-state index contributed by atoms with van der Waals surface area (Å²) in [6.45, 7) is 8.33. The molecule has 3 rings (SSSR count). The summed E-state index contributed by atoms with van der Waals surface area (Å²) in [5.74, 6) is 0. The van der Waals surface area contributed by atoms with Gasteiger partial charge in [0.1, 0.15) is 0 Å². The van der Waals surface area contributed by atoms with Crippen molar-refractivity contribution >= 4 is 0 Å². The van der Waals surface area contributed by atoms with Crippen LogP contribution in [0.4, 0.5) is 0 Å². The van der Waals surface area contributed by atoms with E-state index in [0.29, 0.717) is 12.5 Å². The highest BCUT2D eigenvalue weighted by molar-refractivity contribution is 5.26. The third-order valence-corrected chi connectivity index (χ3v) is 5.74. The second-order valence-electron chi connectivity index (χ2n) is 7.11. The van der Waals surface area contributed by atoms with E-state index < -0.39 is 11.7 Å². The highest BCUT2D eigenvalue weighted by atomic mass is 16.3. The fourth-order valence-corrected chi connectivity index (χ4v) is 5.21. The lowest BCUT2D eigenvalue weighted by molar-refractivity contribution is -0.195. The van der Waals surface area contributed by atoms with Crippen molar-refractivity contribution in [1.82, 2.24) is 4.90 Å². The van der Waals surface area contributed by atoms with Crippen molar-refractivity contribution in [3.8, 4) is 0 Å². The average molecular weight is 251 g/mol. The average Bonchev–Trinajstić information content (AvgIpc) is 2.65. The van der Waals surface area contributed by atoms with E-state index in [0.717, 1.165) is 25.9 Å². The molecule has 2 aliphatic heterocycles. The minimum absolute atomic E-state index is 0.128. The van der Waals surface area contributed by atoms with Gasteiger partial charge in [-0.15, -0.1) is 0 Å². The molecule has 1 aliphatic carbocycles. The van der Waals surface area contributed by atoms with Gasteiger partial charge in [-0.05, 0) is 38.1 Å². The Balaban J connectivity index is 2.15. The van der Waals surface area contributed by atoms with Crippen LogP contribution in [0.1, 0.15) is 40.0 Å². The lowest BCUT2D eigenvalue weighted by Crippen LogP contribution is -2.68. The third-order valence-electron chi connectivity index (χ3n) is 5.74. The fourth-order valence-electron chi connectivity index (χ4n) is 5.21. The van der Waals surface area contributed by atoms with Crippen LogP contribution in [0.25, 0.3) is 0 Å². The van der Waals surface area contributed by atoms with Crippen LogP contribution in [0, 0.1) is 10.8 Å². The number of hydrogen-bond acceptors (Lipinski definition) is 3. The standard InChI is InChI=1S/C15H25NO2/c1-4-15-6-5-8-16-9-7-13(2,11(15)16)10-14(3,18)12(15)17/h5-6,11-12,17-18H,4,7-10H2,1-3H3. The van der Waals surface area contributed by atoms with E-state index in [1.165, 1.54) is 0 Å². The minimum atomic E-state index is -0.973. The summed E-state index contributed by atoms with van der Waals surface area (Å²) in [5.41, 5.74) is -1.12. The van der Waals surface area contributed by atoms with Crippen LogP contribution in [0.2, 0.25) is 0 Å². The van der Waals surface area contributed by atoms with Crippen molar-refractivity contribution in [2.24, 2.45) is 10.8 Å². The number of nitrogens with zero attached hydrogens (tertiary/aromatic N) is 1. The minimum Gasteiger partial charge on any atom is -0.389 e. The van der Waals surface area contributed by atoms with E-state index in [2.05, 4.69) is 30.9 Å². The molecule has 0 aromatic rings. The SMILES string of the molecule is CCC12C=CCN3CCC(C)(CC(C)(O)C1O)C32. The van der Waals surface area contributed by atoms with Crippen LogP contribution in [0.3, 0.4) is 0 Å². The zero-order valence-electron chi connectivity index (χ0n) is 11.7. The van der Waals surface area contributed by atoms with Crippen LogP contribution in [-0.2, 0) is 0 Å². The molecule has 1 saturated carbocycles. The van der Waals surface area contributed by atoms with Crippen LogP contribution >= 0.6 is 0 Å². The van der Waals surface area contributed by atoms with E-state index in [1.54, 1.807) is 0 Å². The van der Waals surface area contributed by atoms with Crippen molar-refractivity contribution in [2.45, 2.75) is 57.8 Å². The van der Waals surface area contributed by atoms with Crippen molar-refractivity contribution < 1.29 is 10.2 Å². The first-order valence-electron chi connectivity index (χ1n) is 7.18.